The maximum Gasteiger partial charge on any atom is 0.0346 e. The first kappa shape index (κ1) is 15.4. The summed E-state index contributed by atoms with van der Waals surface area (Å²) >= 11 is 0. The number of hydrogen-bond acceptors (Lipinski definition) is 1. The van der Waals surface area contributed by atoms with Crippen LogP contribution in [0.1, 0.15) is 52.5 Å². The average Bonchev–Trinajstić information content (AvgIpc) is 2.39. The van der Waals surface area contributed by atoms with Crippen molar-refractivity contribution in [3.63, 3.8) is 0 Å². The highest BCUT2D eigenvalue weighted by atomic mass is 14.6. The van der Waals surface area contributed by atoms with Crippen molar-refractivity contribution in [2.75, 3.05) is 0 Å². The van der Waals surface area contributed by atoms with E-state index in [2.05, 4.69) is 51.4 Å². The Morgan fingerprint density at radius 3 is 2.53 bits per heavy atom. The van der Waals surface area contributed by atoms with E-state index in [4.69, 9.17) is 0 Å². The first-order valence-electron chi connectivity index (χ1n) is 7.00. The lowest BCUT2D eigenvalue weighted by molar-refractivity contribution is 0.792. The van der Waals surface area contributed by atoms with Crippen molar-refractivity contribution < 1.29 is 0 Å². The standard InChI is InChI=1S/C18H25N/c1-6-7-9-16(14(2)3)12-18(15(4)5)17-10-8-11-19-13-17/h8,10-13H,4,6-7,9H2,1-3,5H3/b18-12+. The Bertz CT molecular complexity index is 474. The third kappa shape index (κ3) is 4.86. The fourth-order valence-corrected chi connectivity index (χ4v) is 1.98. The van der Waals surface area contributed by atoms with Crippen molar-refractivity contribution in [2.45, 2.75) is 47.0 Å². The smallest absolute Gasteiger partial charge is 0.0346 e. The minimum absolute atomic E-state index is 1.09. The second-order valence-electron chi connectivity index (χ2n) is 5.21. The average molecular weight is 255 g/mol. The number of pyridine rings is 1. The Balaban J connectivity index is 3.14. The molecule has 102 valence electrons. The van der Waals surface area contributed by atoms with E-state index < -0.39 is 0 Å². The molecular formula is C18H25N. The van der Waals surface area contributed by atoms with Crippen LogP contribution in [0.5, 0.6) is 0 Å². The minimum Gasteiger partial charge on any atom is -0.264 e. The van der Waals surface area contributed by atoms with Gasteiger partial charge in [0, 0.05) is 18.0 Å². The predicted molar refractivity (Wildman–Crippen MR) is 84.9 cm³/mol. The summed E-state index contributed by atoms with van der Waals surface area (Å²) in [5.41, 5.74) is 6.23. The zero-order valence-corrected chi connectivity index (χ0v) is 12.7. The summed E-state index contributed by atoms with van der Waals surface area (Å²) in [5.74, 6) is 0. The van der Waals surface area contributed by atoms with Crippen LogP contribution in [0.15, 0.2) is 53.9 Å². The molecule has 1 rings (SSSR count). The lowest BCUT2D eigenvalue weighted by Crippen LogP contribution is -1.91. The second-order valence-corrected chi connectivity index (χ2v) is 5.21. The Kier molecular flexibility index (Phi) is 6.27. The van der Waals surface area contributed by atoms with E-state index >= 15 is 0 Å². The molecule has 0 aliphatic carbocycles. The molecule has 0 saturated heterocycles. The van der Waals surface area contributed by atoms with Gasteiger partial charge in [0.05, 0.1) is 0 Å². The number of nitrogens with zero attached hydrogens (tertiary/aromatic N) is 1. The van der Waals surface area contributed by atoms with Crippen molar-refractivity contribution in [1.82, 2.24) is 4.98 Å². The van der Waals surface area contributed by atoms with Crippen LogP contribution < -0.4 is 0 Å². The molecule has 0 aromatic carbocycles. The Morgan fingerprint density at radius 2 is 2.05 bits per heavy atom. The quantitative estimate of drug-likeness (QED) is 0.606. The molecule has 1 aromatic heterocycles. The number of aromatic nitrogens is 1. The lowest BCUT2D eigenvalue weighted by atomic mass is 9.95. The van der Waals surface area contributed by atoms with Crippen LogP contribution in [0, 0.1) is 0 Å². The van der Waals surface area contributed by atoms with Gasteiger partial charge in [0.1, 0.15) is 0 Å². The SMILES string of the molecule is C=C(C)/C(=C\C(CCCC)=C(C)C)c1cccnc1. The van der Waals surface area contributed by atoms with Crippen molar-refractivity contribution in [3.8, 4) is 0 Å². The van der Waals surface area contributed by atoms with Crippen molar-refractivity contribution in [1.29, 1.82) is 0 Å². The summed E-state index contributed by atoms with van der Waals surface area (Å²) in [6, 6.07) is 4.07. The van der Waals surface area contributed by atoms with Gasteiger partial charge in [-0.3, -0.25) is 4.98 Å². The third-order valence-electron chi connectivity index (χ3n) is 3.19. The molecule has 1 nitrogen and oxygen atoms in total. The van der Waals surface area contributed by atoms with Crippen molar-refractivity contribution >= 4 is 5.57 Å². The summed E-state index contributed by atoms with van der Waals surface area (Å²) in [7, 11) is 0. The summed E-state index contributed by atoms with van der Waals surface area (Å²) in [4.78, 5) is 4.20. The summed E-state index contributed by atoms with van der Waals surface area (Å²) in [6.45, 7) is 12.8. The Labute approximate surface area is 117 Å². The second kappa shape index (κ2) is 7.73. The van der Waals surface area contributed by atoms with E-state index in [1.807, 2.05) is 12.3 Å². The molecule has 0 saturated carbocycles. The van der Waals surface area contributed by atoms with Crippen LogP contribution in [0.4, 0.5) is 0 Å². The van der Waals surface area contributed by atoms with Crippen LogP contribution in [-0.4, -0.2) is 4.98 Å². The molecular weight excluding hydrogens is 230 g/mol. The lowest BCUT2D eigenvalue weighted by Gasteiger charge is -2.11. The van der Waals surface area contributed by atoms with Gasteiger partial charge in [-0.05, 0) is 50.8 Å². The first-order valence-corrected chi connectivity index (χ1v) is 7.00. The van der Waals surface area contributed by atoms with Crippen molar-refractivity contribution in [3.05, 3.63) is 59.5 Å². The van der Waals surface area contributed by atoms with Gasteiger partial charge >= 0.3 is 0 Å². The topological polar surface area (TPSA) is 12.9 Å². The van der Waals surface area contributed by atoms with Gasteiger partial charge in [0.25, 0.3) is 0 Å². The maximum atomic E-state index is 4.20. The number of rotatable bonds is 6. The summed E-state index contributed by atoms with van der Waals surface area (Å²) in [5, 5.41) is 0. The van der Waals surface area contributed by atoms with Gasteiger partial charge in [-0.15, -0.1) is 0 Å². The van der Waals surface area contributed by atoms with E-state index in [1.165, 1.54) is 29.6 Å². The maximum absolute atomic E-state index is 4.20. The highest BCUT2D eigenvalue weighted by Crippen LogP contribution is 2.25. The monoisotopic (exact) mass is 255 g/mol. The molecule has 0 radical (unpaired) electrons. The molecule has 0 atom stereocenters. The Morgan fingerprint density at radius 1 is 1.32 bits per heavy atom. The molecule has 0 aliphatic heterocycles. The van der Waals surface area contributed by atoms with E-state index in [-0.39, 0.29) is 0 Å². The fraction of sp³-hybridized carbons (Fsp3) is 0.389. The van der Waals surface area contributed by atoms with Gasteiger partial charge < -0.3 is 0 Å². The summed E-state index contributed by atoms with van der Waals surface area (Å²) in [6.07, 6.45) is 9.58. The van der Waals surface area contributed by atoms with Crippen LogP contribution in [0.25, 0.3) is 5.57 Å². The molecule has 0 bridgehead atoms. The normalized spacial score (nSPS) is 11.3. The zero-order valence-electron chi connectivity index (χ0n) is 12.7. The van der Waals surface area contributed by atoms with Gasteiger partial charge in [-0.2, -0.15) is 0 Å². The number of unbranched alkanes of at least 4 members (excludes halogenated alkanes) is 1. The molecule has 0 aliphatic rings. The van der Waals surface area contributed by atoms with Gasteiger partial charge in [0.2, 0.25) is 0 Å². The minimum atomic E-state index is 1.09. The first-order chi connectivity index (χ1) is 9.06. The molecule has 0 N–H and O–H groups in total. The molecule has 1 aromatic rings. The zero-order chi connectivity index (χ0) is 14.3. The molecule has 1 heterocycles. The van der Waals surface area contributed by atoms with Crippen molar-refractivity contribution in [2.24, 2.45) is 0 Å². The van der Waals surface area contributed by atoms with Crippen LogP contribution >= 0.6 is 0 Å². The van der Waals surface area contributed by atoms with E-state index in [0.717, 1.165) is 17.6 Å². The fourth-order valence-electron chi connectivity index (χ4n) is 1.98. The summed E-state index contributed by atoms with van der Waals surface area (Å²) < 4.78 is 0. The van der Waals surface area contributed by atoms with E-state index in [1.54, 1.807) is 6.20 Å². The molecule has 0 fully saturated rings. The third-order valence-corrected chi connectivity index (χ3v) is 3.19. The molecule has 1 heteroatoms. The largest absolute Gasteiger partial charge is 0.264 e. The molecule has 0 spiro atoms. The van der Waals surface area contributed by atoms with Gasteiger partial charge in [0.15, 0.2) is 0 Å². The van der Waals surface area contributed by atoms with Crippen LogP contribution in [0.2, 0.25) is 0 Å². The predicted octanol–water partition coefficient (Wildman–Crippen LogP) is 5.57. The van der Waals surface area contributed by atoms with E-state index in [0.29, 0.717) is 0 Å². The number of allylic oxidation sites excluding steroid dienone is 5. The van der Waals surface area contributed by atoms with E-state index in [9.17, 15) is 0 Å². The molecule has 0 unspecified atom stereocenters. The van der Waals surface area contributed by atoms with Crippen LogP contribution in [0.3, 0.4) is 0 Å². The molecule has 19 heavy (non-hydrogen) atoms. The number of hydrogen-bond donors (Lipinski definition) is 0. The van der Waals surface area contributed by atoms with Crippen LogP contribution in [-0.2, 0) is 0 Å². The Hall–Kier alpha value is -1.63. The highest BCUT2D eigenvalue weighted by Gasteiger charge is 2.05. The molecule has 0 amide bonds. The highest BCUT2D eigenvalue weighted by molar-refractivity contribution is 5.79. The van der Waals surface area contributed by atoms with Gasteiger partial charge in [-0.25, -0.2) is 0 Å². The van der Waals surface area contributed by atoms with Gasteiger partial charge in [-0.1, -0.05) is 43.2 Å².